The molecule has 0 aliphatic heterocycles. The average molecular weight is 200 g/mol. The molecule has 0 heterocycles. The maximum absolute atomic E-state index is 11.5. The fourth-order valence-electron chi connectivity index (χ4n) is 0.918. The van der Waals surface area contributed by atoms with Gasteiger partial charge in [0.2, 0.25) is 0 Å². The number of hydrogen-bond donors (Lipinski definition) is 0. The number of Topliss-reactive ketones (excluding diaryl/α,β-unsaturated/α-hetero) is 1. The average Bonchev–Trinajstić information content (AvgIpc) is 1.93. The molecule has 0 saturated carbocycles. The minimum absolute atomic E-state index is 0.185. The minimum Gasteiger partial charge on any atom is -0.380 e. The summed E-state index contributed by atoms with van der Waals surface area (Å²) < 4.78 is 5.44. The van der Waals surface area contributed by atoms with E-state index in [1.807, 2.05) is 20.8 Å². The van der Waals surface area contributed by atoms with E-state index in [9.17, 15) is 4.79 Å². The number of carbonyl (C=O) groups is 1. The molecule has 0 aliphatic carbocycles. The second kappa shape index (κ2) is 4.92. The fourth-order valence-corrected chi connectivity index (χ4v) is 0.918. The quantitative estimate of drug-likeness (QED) is 0.652. The maximum atomic E-state index is 11.5. The van der Waals surface area contributed by atoms with Crippen molar-refractivity contribution in [1.82, 2.24) is 0 Å². The summed E-state index contributed by atoms with van der Waals surface area (Å²) in [6.45, 7) is 13.5. The molecule has 0 fully saturated rings. The van der Waals surface area contributed by atoms with Crippen LogP contribution in [0.2, 0.25) is 0 Å². The summed E-state index contributed by atoms with van der Waals surface area (Å²) in [5, 5.41) is 0. The predicted octanol–water partition coefficient (Wildman–Crippen LogP) is 3.05. The molecule has 14 heavy (non-hydrogen) atoms. The first kappa shape index (κ1) is 13.6. The van der Waals surface area contributed by atoms with Crippen molar-refractivity contribution in [1.29, 1.82) is 0 Å². The highest BCUT2D eigenvalue weighted by Gasteiger charge is 2.20. The molecule has 0 unspecified atom stereocenters. The van der Waals surface area contributed by atoms with Gasteiger partial charge in [-0.15, -0.1) is 0 Å². The van der Waals surface area contributed by atoms with Crippen LogP contribution in [0.25, 0.3) is 0 Å². The Kier molecular flexibility index (Phi) is 4.79. The van der Waals surface area contributed by atoms with Crippen LogP contribution >= 0.6 is 0 Å². The van der Waals surface area contributed by atoms with Crippen molar-refractivity contribution in [2.75, 3.05) is 13.2 Å². The largest absolute Gasteiger partial charge is 0.380 e. The molecule has 0 N–H and O–H groups in total. The number of hydrogen-bond acceptors (Lipinski definition) is 2. The standard InChI is InChI=1S/C12H24O2/c1-11(2,3)9-14-8-7-10(13)12(4,5)6/h7-9H2,1-6H3. The molecule has 2 heteroatoms. The summed E-state index contributed by atoms with van der Waals surface area (Å²) in [6, 6.07) is 0. The molecule has 84 valence electrons. The van der Waals surface area contributed by atoms with Gasteiger partial charge in [-0.25, -0.2) is 0 Å². The van der Waals surface area contributed by atoms with Crippen LogP contribution in [-0.4, -0.2) is 19.0 Å². The van der Waals surface area contributed by atoms with Gasteiger partial charge in [-0.05, 0) is 5.41 Å². The van der Waals surface area contributed by atoms with Crippen molar-refractivity contribution in [2.24, 2.45) is 10.8 Å². The minimum atomic E-state index is -0.231. The molecule has 0 atom stereocenters. The van der Waals surface area contributed by atoms with Gasteiger partial charge in [-0.2, -0.15) is 0 Å². The number of ketones is 1. The maximum Gasteiger partial charge on any atom is 0.140 e. The van der Waals surface area contributed by atoms with Gasteiger partial charge in [0.15, 0.2) is 0 Å². The van der Waals surface area contributed by atoms with Gasteiger partial charge in [-0.1, -0.05) is 41.5 Å². The summed E-state index contributed by atoms with van der Waals surface area (Å²) in [4.78, 5) is 11.5. The van der Waals surface area contributed by atoms with Gasteiger partial charge in [-0.3, -0.25) is 4.79 Å². The molecule has 0 bridgehead atoms. The lowest BCUT2D eigenvalue weighted by Crippen LogP contribution is -2.23. The molecule has 0 rings (SSSR count). The van der Waals surface area contributed by atoms with E-state index in [1.54, 1.807) is 0 Å². The van der Waals surface area contributed by atoms with Gasteiger partial charge in [0.05, 0.1) is 13.2 Å². The summed E-state index contributed by atoms with van der Waals surface area (Å²) in [5.74, 6) is 0.270. The number of ether oxygens (including phenoxy) is 1. The Morgan fingerprint density at radius 2 is 1.57 bits per heavy atom. The van der Waals surface area contributed by atoms with Gasteiger partial charge < -0.3 is 4.74 Å². The monoisotopic (exact) mass is 200 g/mol. The van der Waals surface area contributed by atoms with E-state index in [-0.39, 0.29) is 16.6 Å². The zero-order chi connectivity index (χ0) is 11.4. The molecule has 0 radical (unpaired) electrons. The van der Waals surface area contributed by atoms with E-state index in [4.69, 9.17) is 4.74 Å². The third kappa shape index (κ3) is 7.07. The Labute approximate surface area is 88.0 Å². The van der Waals surface area contributed by atoms with Crippen LogP contribution in [0, 0.1) is 10.8 Å². The SMILES string of the molecule is CC(C)(C)COCCC(=O)C(C)(C)C. The molecule has 0 aromatic carbocycles. The first-order valence-corrected chi connectivity index (χ1v) is 5.24. The molecule has 0 aliphatic rings. The first-order chi connectivity index (χ1) is 6.13. The van der Waals surface area contributed by atoms with Gasteiger partial charge in [0, 0.05) is 11.8 Å². The second-order valence-electron chi connectivity index (χ2n) is 6.04. The lowest BCUT2D eigenvalue weighted by molar-refractivity contribution is -0.127. The Morgan fingerprint density at radius 1 is 1.07 bits per heavy atom. The van der Waals surface area contributed by atoms with Gasteiger partial charge in [0.1, 0.15) is 5.78 Å². The molecular weight excluding hydrogens is 176 g/mol. The third-order valence-electron chi connectivity index (χ3n) is 1.85. The van der Waals surface area contributed by atoms with E-state index in [1.165, 1.54) is 0 Å². The normalized spacial score (nSPS) is 13.0. The molecule has 2 nitrogen and oxygen atoms in total. The van der Waals surface area contributed by atoms with Crippen LogP contribution in [0.15, 0.2) is 0 Å². The van der Waals surface area contributed by atoms with Gasteiger partial charge in [0.25, 0.3) is 0 Å². The van der Waals surface area contributed by atoms with Crippen LogP contribution < -0.4 is 0 Å². The van der Waals surface area contributed by atoms with Crippen molar-refractivity contribution in [2.45, 2.75) is 48.0 Å². The van der Waals surface area contributed by atoms with Crippen LogP contribution in [-0.2, 0) is 9.53 Å². The zero-order valence-electron chi connectivity index (χ0n) is 10.4. The Hall–Kier alpha value is -0.370. The summed E-state index contributed by atoms with van der Waals surface area (Å²) in [7, 11) is 0. The Balaban J connectivity index is 3.62. The van der Waals surface area contributed by atoms with Crippen LogP contribution in [0.3, 0.4) is 0 Å². The molecule has 0 spiro atoms. The molecule has 0 aromatic heterocycles. The Bertz CT molecular complexity index is 181. The predicted molar refractivity (Wildman–Crippen MR) is 59.4 cm³/mol. The van der Waals surface area contributed by atoms with Crippen LogP contribution in [0.4, 0.5) is 0 Å². The molecule has 0 saturated heterocycles. The first-order valence-electron chi connectivity index (χ1n) is 5.24. The van der Waals surface area contributed by atoms with E-state index in [2.05, 4.69) is 20.8 Å². The Morgan fingerprint density at radius 3 is 1.93 bits per heavy atom. The van der Waals surface area contributed by atoms with E-state index in [0.29, 0.717) is 19.6 Å². The van der Waals surface area contributed by atoms with Crippen LogP contribution in [0.1, 0.15) is 48.0 Å². The zero-order valence-corrected chi connectivity index (χ0v) is 10.4. The van der Waals surface area contributed by atoms with Crippen molar-refractivity contribution in [3.05, 3.63) is 0 Å². The van der Waals surface area contributed by atoms with E-state index in [0.717, 1.165) is 0 Å². The highest BCUT2D eigenvalue weighted by atomic mass is 16.5. The highest BCUT2D eigenvalue weighted by molar-refractivity contribution is 5.83. The number of carbonyl (C=O) groups excluding carboxylic acids is 1. The smallest absolute Gasteiger partial charge is 0.140 e. The van der Waals surface area contributed by atoms with Crippen molar-refractivity contribution in [3.63, 3.8) is 0 Å². The molecular formula is C12H24O2. The summed E-state index contributed by atoms with van der Waals surface area (Å²) >= 11 is 0. The highest BCUT2D eigenvalue weighted by Crippen LogP contribution is 2.17. The summed E-state index contributed by atoms with van der Waals surface area (Å²) in [6.07, 6.45) is 0.527. The lowest BCUT2D eigenvalue weighted by atomic mass is 9.89. The van der Waals surface area contributed by atoms with Gasteiger partial charge >= 0.3 is 0 Å². The van der Waals surface area contributed by atoms with Crippen molar-refractivity contribution in [3.8, 4) is 0 Å². The molecule has 0 aromatic rings. The second-order valence-corrected chi connectivity index (χ2v) is 6.04. The number of rotatable bonds is 4. The van der Waals surface area contributed by atoms with Crippen LogP contribution in [0.5, 0.6) is 0 Å². The molecule has 0 amide bonds. The third-order valence-corrected chi connectivity index (χ3v) is 1.85. The summed E-state index contributed by atoms with van der Waals surface area (Å²) in [5.41, 5.74) is -0.0458. The van der Waals surface area contributed by atoms with Crippen molar-refractivity contribution >= 4 is 5.78 Å². The lowest BCUT2D eigenvalue weighted by Gasteiger charge is -2.19. The van der Waals surface area contributed by atoms with E-state index >= 15 is 0 Å². The fraction of sp³-hybridized carbons (Fsp3) is 0.917. The topological polar surface area (TPSA) is 26.3 Å². The van der Waals surface area contributed by atoms with E-state index < -0.39 is 0 Å². The van der Waals surface area contributed by atoms with Crippen molar-refractivity contribution < 1.29 is 9.53 Å².